The fraction of sp³-hybridized carbons (Fsp3) is 0.333. The van der Waals surface area contributed by atoms with E-state index in [9.17, 15) is 24.5 Å². The minimum absolute atomic E-state index is 0.0747. The first-order valence-electron chi connectivity index (χ1n) is 11.2. The van der Waals surface area contributed by atoms with Crippen LogP contribution in [0.3, 0.4) is 0 Å². The number of nitro groups is 1. The van der Waals surface area contributed by atoms with Crippen LogP contribution in [0.2, 0.25) is 0 Å². The maximum atomic E-state index is 12.9. The number of ether oxygens (including phenoxy) is 2. The number of fused-ring (bicyclic) bond motifs is 2. The summed E-state index contributed by atoms with van der Waals surface area (Å²) in [5.74, 6) is -0.547. The van der Waals surface area contributed by atoms with Crippen molar-refractivity contribution < 1.29 is 24.0 Å². The van der Waals surface area contributed by atoms with Crippen LogP contribution in [0.25, 0.3) is 10.9 Å². The second-order valence-electron chi connectivity index (χ2n) is 8.21. The van der Waals surface area contributed by atoms with Gasteiger partial charge in [0.05, 0.1) is 34.2 Å². The predicted octanol–water partition coefficient (Wildman–Crippen LogP) is 3.22. The van der Waals surface area contributed by atoms with Gasteiger partial charge in [-0.25, -0.2) is 9.78 Å². The summed E-state index contributed by atoms with van der Waals surface area (Å²) in [5, 5.41) is 13.9. The molecule has 2 heterocycles. The number of rotatable bonds is 6. The van der Waals surface area contributed by atoms with E-state index < -0.39 is 22.9 Å². The Bertz CT molecular complexity index is 1380. The molecule has 0 bridgehead atoms. The number of carbonyl (C=O) groups excluding carboxylic acids is 2. The van der Waals surface area contributed by atoms with Gasteiger partial charge >= 0.3 is 5.97 Å². The lowest BCUT2D eigenvalue weighted by Gasteiger charge is -2.15. The van der Waals surface area contributed by atoms with Gasteiger partial charge in [0.15, 0.2) is 6.10 Å². The van der Waals surface area contributed by atoms with Gasteiger partial charge in [0.2, 0.25) is 0 Å². The van der Waals surface area contributed by atoms with Crippen LogP contribution in [0.1, 0.15) is 42.4 Å². The molecule has 1 aliphatic heterocycles. The first-order valence-corrected chi connectivity index (χ1v) is 11.2. The molecule has 1 amide bonds. The number of hydrogen-bond acceptors (Lipinski definition) is 8. The standard InChI is InChI=1S/C24H24N4O7/c1-14(22(29)26-19-13-16(28(32)33)8-10-20(19)34-2)35-24(31)15-7-9-17-18(12-15)25-21-6-4-3-5-11-27(21)23(17)30/h7-10,12-14H,3-6,11H2,1-2H3,(H,26,29). The van der Waals surface area contributed by atoms with Crippen molar-refractivity contribution in [1.29, 1.82) is 0 Å². The Kier molecular flexibility index (Phi) is 6.76. The molecule has 0 aliphatic carbocycles. The van der Waals surface area contributed by atoms with Crippen molar-refractivity contribution in [2.75, 3.05) is 12.4 Å². The first-order chi connectivity index (χ1) is 16.8. The molecule has 1 atom stereocenters. The lowest BCUT2D eigenvalue weighted by Crippen LogP contribution is -2.30. The molecule has 1 unspecified atom stereocenters. The molecule has 1 aliphatic rings. The molecule has 4 rings (SSSR count). The van der Waals surface area contributed by atoms with Gasteiger partial charge in [-0.1, -0.05) is 6.42 Å². The number of methoxy groups -OCH3 is 1. The number of non-ortho nitro benzene ring substituents is 1. The Hall–Kier alpha value is -4.28. The van der Waals surface area contributed by atoms with Crippen LogP contribution in [-0.4, -0.2) is 39.6 Å². The van der Waals surface area contributed by atoms with Crippen LogP contribution >= 0.6 is 0 Å². The molecule has 2 aromatic carbocycles. The molecule has 11 nitrogen and oxygen atoms in total. The van der Waals surface area contributed by atoms with Gasteiger partial charge in [-0.05, 0) is 44.0 Å². The number of anilines is 1. The van der Waals surface area contributed by atoms with E-state index in [-0.39, 0.29) is 28.2 Å². The summed E-state index contributed by atoms with van der Waals surface area (Å²) in [5.41, 5.74) is 0.255. The molecule has 0 fully saturated rings. The van der Waals surface area contributed by atoms with Gasteiger partial charge < -0.3 is 14.8 Å². The summed E-state index contributed by atoms with van der Waals surface area (Å²) in [4.78, 5) is 53.2. The van der Waals surface area contributed by atoms with E-state index in [0.29, 0.717) is 29.7 Å². The predicted molar refractivity (Wildman–Crippen MR) is 127 cm³/mol. The minimum atomic E-state index is -1.22. The summed E-state index contributed by atoms with van der Waals surface area (Å²) in [6.07, 6.45) is 2.37. The maximum Gasteiger partial charge on any atom is 0.338 e. The minimum Gasteiger partial charge on any atom is -0.495 e. The van der Waals surface area contributed by atoms with Crippen LogP contribution in [0.15, 0.2) is 41.2 Å². The third-order valence-corrected chi connectivity index (χ3v) is 5.86. The topological polar surface area (TPSA) is 143 Å². The lowest BCUT2D eigenvalue weighted by molar-refractivity contribution is -0.384. The van der Waals surface area contributed by atoms with E-state index >= 15 is 0 Å². The number of aryl methyl sites for hydroxylation is 1. The highest BCUT2D eigenvalue weighted by atomic mass is 16.6. The van der Waals surface area contributed by atoms with Crippen molar-refractivity contribution in [3.05, 3.63) is 68.3 Å². The van der Waals surface area contributed by atoms with Crippen molar-refractivity contribution in [1.82, 2.24) is 9.55 Å². The number of nitro benzene ring substituents is 1. The fourth-order valence-electron chi connectivity index (χ4n) is 3.97. The Balaban J connectivity index is 1.52. The second kappa shape index (κ2) is 9.92. The molecule has 0 saturated heterocycles. The molecule has 0 spiro atoms. The number of hydrogen-bond donors (Lipinski definition) is 1. The molecule has 0 saturated carbocycles. The van der Waals surface area contributed by atoms with Crippen LogP contribution in [0, 0.1) is 10.1 Å². The average Bonchev–Trinajstić information content (AvgIpc) is 3.09. The third kappa shape index (κ3) is 4.98. The van der Waals surface area contributed by atoms with Crippen molar-refractivity contribution in [3.8, 4) is 5.75 Å². The summed E-state index contributed by atoms with van der Waals surface area (Å²) in [6, 6.07) is 8.25. The average molecular weight is 480 g/mol. The summed E-state index contributed by atoms with van der Waals surface area (Å²) in [7, 11) is 1.36. The van der Waals surface area contributed by atoms with E-state index in [4.69, 9.17) is 9.47 Å². The van der Waals surface area contributed by atoms with Crippen molar-refractivity contribution in [2.45, 2.75) is 45.3 Å². The Morgan fingerprint density at radius 2 is 1.97 bits per heavy atom. The number of aromatic nitrogens is 2. The normalized spacial score (nSPS) is 13.9. The van der Waals surface area contributed by atoms with Crippen LogP contribution in [0.5, 0.6) is 5.75 Å². The largest absolute Gasteiger partial charge is 0.495 e. The summed E-state index contributed by atoms with van der Waals surface area (Å²) >= 11 is 0. The molecule has 3 aromatic rings. The van der Waals surface area contributed by atoms with Crippen LogP contribution in [0.4, 0.5) is 11.4 Å². The molecular weight excluding hydrogens is 456 g/mol. The fourth-order valence-corrected chi connectivity index (χ4v) is 3.97. The SMILES string of the molecule is COc1ccc([N+](=O)[O-])cc1NC(=O)C(C)OC(=O)c1ccc2c(=O)n3c(nc2c1)CCCCC3. The molecule has 11 heteroatoms. The highest BCUT2D eigenvalue weighted by molar-refractivity contribution is 5.99. The first kappa shape index (κ1) is 23.9. The zero-order valence-corrected chi connectivity index (χ0v) is 19.3. The maximum absolute atomic E-state index is 12.9. The van der Waals surface area contributed by atoms with Crippen molar-refractivity contribution in [2.24, 2.45) is 0 Å². The van der Waals surface area contributed by atoms with Gasteiger partial charge in [-0.3, -0.25) is 24.3 Å². The summed E-state index contributed by atoms with van der Waals surface area (Å²) in [6.45, 7) is 2.01. The third-order valence-electron chi connectivity index (χ3n) is 5.86. The smallest absolute Gasteiger partial charge is 0.338 e. The monoisotopic (exact) mass is 480 g/mol. The van der Waals surface area contributed by atoms with Gasteiger partial charge in [0.25, 0.3) is 17.2 Å². The van der Waals surface area contributed by atoms with Crippen molar-refractivity contribution >= 4 is 34.2 Å². The zero-order chi connectivity index (χ0) is 25.1. The van der Waals surface area contributed by atoms with Crippen LogP contribution < -0.4 is 15.6 Å². The van der Waals surface area contributed by atoms with E-state index in [1.54, 1.807) is 4.57 Å². The number of benzene rings is 2. The van der Waals surface area contributed by atoms with Gasteiger partial charge in [0.1, 0.15) is 11.6 Å². The van der Waals surface area contributed by atoms with Gasteiger partial charge in [-0.2, -0.15) is 0 Å². The zero-order valence-electron chi connectivity index (χ0n) is 19.3. The van der Waals surface area contributed by atoms with Gasteiger partial charge in [-0.15, -0.1) is 0 Å². The van der Waals surface area contributed by atoms with Crippen molar-refractivity contribution in [3.63, 3.8) is 0 Å². The van der Waals surface area contributed by atoms with E-state index in [1.807, 2.05) is 0 Å². The lowest BCUT2D eigenvalue weighted by atomic mass is 10.1. The Morgan fingerprint density at radius 1 is 1.17 bits per heavy atom. The number of esters is 1. The Labute approximate surface area is 199 Å². The van der Waals surface area contributed by atoms with E-state index in [2.05, 4.69) is 10.3 Å². The molecule has 1 N–H and O–H groups in total. The molecule has 0 radical (unpaired) electrons. The van der Waals surface area contributed by atoms with E-state index in [0.717, 1.165) is 25.3 Å². The highest BCUT2D eigenvalue weighted by Crippen LogP contribution is 2.29. The number of amides is 1. The summed E-state index contributed by atoms with van der Waals surface area (Å²) < 4.78 is 12.1. The molecule has 1 aromatic heterocycles. The van der Waals surface area contributed by atoms with Gasteiger partial charge in [0, 0.05) is 25.1 Å². The number of nitrogens with zero attached hydrogens (tertiary/aromatic N) is 3. The Morgan fingerprint density at radius 3 is 2.71 bits per heavy atom. The highest BCUT2D eigenvalue weighted by Gasteiger charge is 2.22. The quantitative estimate of drug-likeness (QED) is 0.322. The number of nitrogens with one attached hydrogen (secondary N) is 1. The number of carbonyl (C=O) groups is 2. The molecule has 182 valence electrons. The van der Waals surface area contributed by atoms with Crippen LogP contribution in [-0.2, 0) is 22.5 Å². The molecular formula is C24H24N4O7. The second-order valence-corrected chi connectivity index (χ2v) is 8.21. The van der Waals surface area contributed by atoms with E-state index in [1.165, 1.54) is 44.4 Å². The molecule has 35 heavy (non-hydrogen) atoms.